The molecule has 4 N–H and O–H groups in total. The lowest BCUT2D eigenvalue weighted by Crippen LogP contribution is -2.42. The first-order valence-corrected chi connectivity index (χ1v) is 18.2. The van der Waals surface area contributed by atoms with E-state index in [9.17, 15) is 19.5 Å². The van der Waals surface area contributed by atoms with Gasteiger partial charge in [-0.25, -0.2) is 0 Å². The molecule has 3 rings (SSSR count). The van der Waals surface area contributed by atoms with Crippen LogP contribution in [0, 0.1) is 29.6 Å². The van der Waals surface area contributed by atoms with Gasteiger partial charge in [0.15, 0.2) is 0 Å². The normalized spacial score (nSPS) is 20.9. The lowest BCUT2D eigenvalue weighted by molar-refractivity contribution is -0.901. The van der Waals surface area contributed by atoms with E-state index in [1.54, 1.807) is 12.1 Å². The lowest BCUT2D eigenvalue weighted by Gasteiger charge is -2.34. The first kappa shape index (κ1) is 39.2. The van der Waals surface area contributed by atoms with Crippen molar-refractivity contribution in [3.8, 4) is 0 Å². The number of quaternary nitrogens is 2. The maximum absolute atomic E-state index is 13.2. The number of nitrogens with one attached hydrogen (secondary N) is 1. The van der Waals surface area contributed by atoms with Gasteiger partial charge in [-0.1, -0.05) is 56.3 Å². The molecule has 0 aromatic heterocycles. The number of carbonyl (C=O) groups is 3. The molecule has 7 atom stereocenters. The van der Waals surface area contributed by atoms with E-state index in [-0.39, 0.29) is 36.1 Å². The lowest BCUT2D eigenvalue weighted by atomic mass is 9.73. The van der Waals surface area contributed by atoms with Gasteiger partial charge in [0.2, 0.25) is 5.91 Å². The van der Waals surface area contributed by atoms with Crippen LogP contribution in [0.5, 0.6) is 0 Å². The van der Waals surface area contributed by atoms with E-state index in [0.717, 1.165) is 48.0 Å². The molecule has 7 unspecified atom stereocenters. The Morgan fingerprint density at radius 2 is 1.52 bits per heavy atom. The van der Waals surface area contributed by atoms with E-state index in [1.165, 1.54) is 11.1 Å². The van der Waals surface area contributed by atoms with Crippen molar-refractivity contribution < 1.29 is 28.5 Å². The van der Waals surface area contributed by atoms with E-state index < -0.39 is 23.7 Å². The summed E-state index contributed by atoms with van der Waals surface area (Å²) in [5.41, 5.74) is 8.93. The number of benzene rings is 2. The van der Waals surface area contributed by atoms with Crippen molar-refractivity contribution >= 4 is 17.8 Å². The molecule has 2 amide bonds. The standard InChI is InChI=1S/C40H62N4O4/c1-9-30(38(41)45)24-37(40(47)48)36-25-35(42-39(46)32-15-13-12-14-16-32)23-34(36)22-33(21-28(4)26-43(5,6)10-2)31-19-17-29(18-20-31)27-44(7,8)11-3/h12-20,28,30,33-37H,9-11,21-27H2,1-8H3,(H2-2,41,42,45,46,47,48)/p+2. The van der Waals surface area contributed by atoms with Gasteiger partial charge >= 0.3 is 5.97 Å². The van der Waals surface area contributed by atoms with Gasteiger partial charge in [-0.15, -0.1) is 0 Å². The minimum Gasteiger partial charge on any atom is -0.481 e. The minimum atomic E-state index is -0.882. The van der Waals surface area contributed by atoms with Crippen molar-refractivity contribution in [1.82, 2.24) is 5.32 Å². The SMILES string of the molecule is CCC(CC(C(=O)O)C1CC(NC(=O)c2ccccc2)CC1CC(CC(C)C[N+](C)(C)CC)c1ccc(C[N+](C)(C)CC)cc1)C(N)=O. The van der Waals surface area contributed by atoms with Crippen LogP contribution in [0.1, 0.15) is 93.6 Å². The summed E-state index contributed by atoms with van der Waals surface area (Å²) in [6.07, 6.45) is 3.85. The molecule has 2 aromatic carbocycles. The summed E-state index contributed by atoms with van der Waals surface area (Å²) >= 11 is 0. The second-order valence-corrected chi connectivity index (χ2v) is 16.0. The van der Waals surface area contributed by atoms with Crippen molar-refractivity contribution in [3.63, 3.8) is 0 Å². The molecule has 1 fully saturated rings. The van der Waals surface area contributed by atoms with Crippen molar-refractivity contribution in [1.29, 1.82) is 0 Å². The van der Waals surface area contributed by atoms with Crippen LogP contribution in [-0.4, -0.2) is 85.7 Å². The number of nitrogens with two attached hydrogens (primary N) is 1. The van der Waals surface area contributed by atoms with Gasteiger partial charge in [-0.05, 0) is 87.8 Å². The zero-order valence-corrected chi connectivity index (χ0v) is 31.0. The van der Waals surface area contributed by atoms with Gasteiger partial charge in [-0.3, -0.25) is 14.4 Å². The van der Waals surface area contributed by atoms with E-state index in [4.69, 9.17) is 5.73 Å². The number of carbonyl (C=O) groups excluding carboxylic acids is 2. The largest absolute Gasteiger partial charge is 0.481 e. The Morgan fingerprint density at radius 1 is 0.896 bits per heavy atom. The number of hydrogen-bond acceptors (Lipinski definition) is 3. The van der Waals surface area contributed by atoms with Crippen molar-refractivity contribution in [2.24, 2.45) is 35.3 Å². The van der Waals surface area contributed by atoms with E-state index in [1.807, 2.05) is 25.1 Å². The van der Waals surface area contributed by atoms with Crippen molar-refractivity contribution in [2.45, 2.75) is 84.7 Å². The third kappa shape index (κ3) is 11.4. The van der Waals surface area contributed by atoms with Crippen molar-refractivity contribution in [3.05, 3.63) is 71.3 Å². The Balaban J connectivity index is 1.97. The van der Waals surface area contributed by atoms with Crippen LogP contribution in [0.3, 0.4) is 0 Å². The molecular formula is C40H64N4O4+2. The number of carboxylic acid groups (broad SMARTS) is 1. The summed E-state index contributed by atoms with van der Waals surface area (Å²) in [6.45, 7) is 12.8. The predicted molar refractivity (Wildman–Crippen MR) is 194 cm³/mol. The van der Waals surface area contributed by atoms with Gasteiger partial charge in [0.1, 0.15) is 6.54 Å². The average molecular weight is 665 g/mol. The number of amides is 2. The van der Waals surface area contributed by atoms with Crippen LogP contribution in [0.15, 0.2) is 54.6 Å². The summed E-state index contributed by atoms with van der Waals surface area (Å²) in [5.74, 6) is -2.08. The number of rotatable bonds is 19. The highest BCUT2D eigenvalue weighted by Gasteiger charge is 2.44. The minimum absolute atomic E-state index is 0.0683. The summed E-state index contributed by atoms with van der Waals surface area (Å²) in [5, 5.41) is 13.8. The highest BCUT2D eigenvalue weighted by Crippen LogP contribution is 2.46. The third-order valence-corrected chi connectivity index (χ3v) is 11.2. The number of aliphatic carboxylic acids is 1. The Labute approximate surface area is 290 Å². The summed E-state index contributed by atoms with van der Waals surface area (Å²) in [7, 11) is 9.06. The Hall–Kier alpha value is -3.23. The third-order valence-electron chi connectivity index (χ3n) is 11.2. The van der Waals surface area contributed by atoms with E-state index in [2.05, 4.69) is 78.5 Å². The van der Waals surface area contributed by atoms with Crippen LogP contribution in [0.2, 0.25) is 0 Å². The molecule has 0 radical (unpaired) electrons. The molecule has 8 nitrogen and oxygen atoms in total. The zero-order chi connectivity index (χ0) is 35.6. The highest BCUT2D eigenvalue weighted by molar-refractivity contribution is 5.94. The molecular weight excluding hydrogens is 600 g/mol. The van der Waals surface area contributed by atoms with Gasteiger partial charge < -0.3 is 25.1 Å². The topological polar surface area (TPSA) is 109 Å². The zero-order valence-electron chi connectivity index (χ0n) is 31.0. The molecule has 1 saturated carbocycles. The average Bonchev–Trinajstić information content (AvgIpc) is 3.42. The maximum atomic E-state index is 13.2. The summed E-state index contributed by atoms with van der Waals surface area (Å²) in [6, 6.07) is 18.1. The fourth-order valence-electron chi connectivity index (χ4n) is 7.91. The first-order valence-electron chi connectivity index (χ1n) is 18.2. The fourth-order valence-corrected chi connectivity index (χ4v) is 7.91. The number of nitrogens with zero attached hydrogens (tertiary/aromatic N) is 2. The molecule has 2 aromatic rings. The van der Waals surface area contributed by atoms with Gasteiger partial charge in [0.05, 0.1) is 53.7 Å². The van der Waals surface area contributed by atoms with Crippen LogP contribution in [-0.2, 0) is 16.1 Å². The monoisotopic (exact) mass is 664 g/mol. The highest BCUT2D eigenvalue weighted by atomic mass is 16.4. The summed E-state index contributed by atoms with van der Waals surface area (Å²) in [4.78, 5) is 38.4. The molecule has 0 saturated heterocycles. The van der Waals surface area contributed by atoms with Crippen LogP contribution >= 0.6 is 0 Å². The second kappa shape index (κ2) is 17.4. The Bertz CT molecular complexity index is 1330. The van der Waals surface area contributed by atoms with E-state index in [0.29, 0.717) is 30.7 Å². The number of carboxylic acids is 1. The fraction of sp³-hybridized carbons (Fsp3) is 0.625. The van der Waals surface area contributed by atoms with Gasteiger partial charge in [-0.2, -0.15) is 0 Å². The molecule has 0 heterocycles. The van der Waals surface area contributed by atoms with Gasteiger partial charge in [0.25, 0.3) is 5.91 Å². The summed E-state index contributed by atoms with van der Waals surface area (Å²) < 4.78 is 1.87. The molecule has 1 aliphatic rings. The number of hydrogen-bond donors (Lipinski definition) is 3. The molecule has 0 spiro atoms. The molecule has 8 heteroatoms. The Kier molecular flexibility index (Phi) is 14.2. The van der Waals surface area contributed by atoms with Crippen LogP contribution in [0.25, 0.3) is 0 Å². The van der Waals surface area contributed by atoms with E-state index >= 15 is 0 Å². The van der Waals surface area contributed by atoms with Crippen LogP contribution in [0.4, 0.5) is 0 Å². The van der Waals surface area contributed by atoms with Crippen molar-refractivity contribution in [2.75, 3.05) is 47.8 Å². The number of primary amides is 1. The molecule has 0 aliphatic heterocycles. The van der Waals surface area contributed by atoms with Gasteiger partial charge in [0, 0.05) is 29.0 Å². The maximum Gasteiger partial charge on any atom is 0.306 e. The smallest absolute Gasteiger partial charge is 0.306 e. The molecule has 266 valence electrons. The molecule has 0 bridgehead atoms. The molecule has 1 aliphatic carbocycles. The second-order valence-electron chi connectivity index (χ2n) is 16.0. The Morgan fingerprint density at radius 3 is 2.06 bits per heavy atom. The molecule has 48 heavy (non-hydrogen) atoms. The van der Waals surface area contributed by atoms with Crippen LogP contribution < -0.4 is 11.1 Å². The predicted octanol–water partition coefficient (Wildman–Crippen LogP) is 6.31. The quantitative estimate of drug-likeness (QED) is 0.153. The first-order chi connectivity index (χ1) is 22.6.